The molecule has 1 heterocycles. The number of amides is 2. The Hall–Kier alpha value is -3.59. The fourth-order valence-corrected chi connectivity index (χ4v) is 3.60. The number of nitrogens with one attached hydrogen (secondary N) is 2. The van der Waals surface area contributed by atoms with Crippen LogP contribution in [0.15, 0.2) is 60.8 Å². The predicted molar refractivity (Wildman–Crippen MR) is 126 cm³/mol. The molecule has 2 aromatic carbocycles. The Morgan fingerprint density at radius 3 is 2.34 bits per heavy atom. The minimum Gasteiger partial charge on any atom is -0.457 e. The lowest BCUT2D eigenvalue weighted by Crippen LogP contribution is -2.19. The zero-order valence-corrected chi connectivity index (χ0v) is 19.1. The molecule has 2 amide bonds. The van der Waals surface area contributed by atoms with Crippen molar-refractivity contribution in [1.82, 2.24) is 4.98 Å². The van der Waals surface area contributed by atoms with Gasteiger partial charge in [-0.3, -0.25) is 9.78 Å². The van der Waals surface area contributed by atoms with Crippen molar-refractivity contribution in [3.63, 3.8) is 0 Å². The largest absolute Gasteiger partial charge is 0.457 e. The molecule has 182 valence electrons. The second-order valence-corrected chi connectivity index (χ2v) is 8.53. The maximum Gasteiger partial charge on any atom is 0.417 e. The molecule has 0 saturated heterocycles. The number of Topliss-reactive ketones (excluding diaryl/α,β-unsaturated/α-hetero) is 1. The maximum absolute atomic E-state index is 13.0. The highest BCUT2D eigenvalue weighted by Crippen LogP contribution is 2.36. The fourth-order valence-electron chi connectivity index (χ4n) is 3.37. The highest BCUT2D eigenvalue weighted by atomic mass is 35.5. The van der Waals surface area contributed by atoms with E-state index in [0.29, 0.717) is 30.0 Å². The van der Waals surface area contributed by atoms with Crippen LogP contribution < -0.4 is 15.4 Å². The quantitative estimate of drug-likeness (QED) is 0.343. The smallest absolute Gasteiger partial charge is 0.417 e. The number of urea groups is 1. The molecule has 0 bridgehead atoms. The molecule has 1 aliphatic rings. The molecule has 1 fully saturated rings. The average molecular weight is 504 g/mol. The number of ketones is 1. The van der Waals surface area contributed by atoms with Gasteiger partial charge in [0.15, 0.2) is 0 Å². The first-order valence-electron chi connectivity index (χ1n) is 10.9. The molecule has 2 N–H and O–H groups in total. The molecular formula is C25H21ClF3N3O3. The van der Waals surface area contributed by atoms with Crippen molar-refractivity contribution in [1.29, 1.82) is 0 Å². The summed E-state index contributed by atoms with van der Waals surface area (Å²) in [6.07, 6.45) is -0.0120. The second kappa shape index (κ2) is 10.4. The van der Waals surface area contributed by atoms with E-state index in [0.717, 1.165) is 30.7 Å². The van der Waals surface area contributed by atoms with E-state index in [1.807, 2.05) is 0 Å². The molecule has 6 nitrogen and oxygen atoms in total. The van der Waals surface area contributed by atoms with Crippen molar-refractivity contribution in [2.75, 3.05) is 10.6 Å². The molecule has 0 atom stereocenters. The van der Waals surface area contributed by atoms with Gasteiger partial charge in [0.1, 0.15) is 17.3 Å². The summed E-state index contributed by atoms with van der Waals surface area (Å²) in [5.74, 6) is 1.58. The molecule has 0 spiro atoms. The molecule has 1 saturated carbocycles. The SMILES string of the molecule is O=C(Nc1ccc(Oc2ccnc(CCC(=O)C3CC3)c2)cc1)Nc1ccc(Cl)c(C(F)(F)F)c1. The minimum atomic E-state index is -4.63. The van der Waals surface area contributed by atoms with E-state index >= 15 is 0 Å². The Bertz CT molecular complexity index is 1230. The van der Waals surface area contributed by atoms with Crippen LogP contribution in [-0.4, -0.2) is 16.8 Å². The maximum atomic E-state index is 13.0. The molecular weight excluding hydrogens is 483 g/mol. The summed E-state index contributed by atoms with van der Waals surface area (Å²) in [6, 6.07) is 12.3. The first-order chi connectivity index (χ1) is 16.7. The number of alkyl halides is 3. The van der Waals surface area contributed by atoms with Crippen molar-refractivity contribution in [2.45, 2.75) is 31.9 Å². The van der Waals surface area contributed by atoms with Crippen molar-refractivity contribution in [2.24, 2.45) is 5.92 Å². The number of hydrogen-bond donors (Lipinski definition) is 2. The van der Waals surface area contributed by atoms with E-state index < -0.39 is 22.8 Å². The third-order valence-corrected chi connectivity index (χ3v) is 5.66. The van der Waals surface area contributed by atoms with Crippen molar-refractivity contribution in [3.05, 3.63) is 77.1 Å². The molecule has 35 heavy (non-hydrogen) atoms. The van der Waals surface area contributed by atoms with Gasteiger partial charge in [-0.2, -0.15) is 13.2 Å². The van der Waals surface area contributed by atoms with Crippen LogP contribution in [0.1, 0.15) is 30.5 Å². The Morgan fingerprint density at radius 1 is 0.971 bits per heavy atom. The monoisotopic (exact) mass is 503 g/mol. The van der Waals surface area contributed by atoms with Gasteiger partial charge in [0.25, 0.3) is 0 Å². The average Bonchev–Trinajstić information content (AvgIpc) is 3.65. The third kappa shape index (κ3) is 6.95. The first-order valence-corrected chi connectivity index (χ1v) is 11.3. The number of halogens is 4. The zero-order chi connectivity index (χ0) is 25.0. The molecule has 1 aromatic heterocycles. The Kier molecular flexibility index (Phi) is 7.25. The highest BCUT2D eigenvalue weighted by molar-refractivity contribution is 6.31. The molecule has 0 radical (unpaired) electrons. The zero-order valence-electron chi connectivity index (χ0n) is 18.4. The van der Waals surface area contributed by atoms with Crippen LogP contribution in [0, 0.1) is 5.92 Å². The summed E-state index contributed by atoms with van der Waals surface area (Å²) < 4.78 is 44.8. The molecule has 0 unspecified atom stereocenters. The van der Waals surface area contributed by atoms with Gasteiger partial charge in [0.2, 0.25) is 0 Å². The van der Waals surface area contributed by atoms with Crippen molar-refractivity contribution in [3.8, 4) is 11.5 Å². The van der Waals surface area contributed by atoms with Gasteiger partial charge in [-0.25, -0.2) is 4.79 Å². The van der Waals surface area contributed by atoms with Gasteiger partial charge >= 0.3 is 12.2 Å². The fraction of sp³-hybridized carbons (Fsp3) is 0.240. The molecule has 1 aliphatic carbocycles. The molecule has 10 heteroatoms. The lowest BCUT2D eigenvalue weighted by atomic mass is 10.1. The van der Waals surface area contributed by atoms with Gasteiger partial charge in [-0.1, -0.05) is 11.6 Å². The number of nitrogens with zero attached hydrogens (tertiary/aromatic N) is 1. The summed E-state index contributed by atoms with van der Waals surface area (Å²) in [7, 11) is 0. The van der Waals surface area contributed by atoms with Gasteiger partial charge in [0, 0.05) is 41.7 Å². The number of aryl methyl sites for hydroxylation is 1. The van der Waals surface area contributed by atoms with E-state index in [1.165, 1.54) is 6.07 Å². The van der Waals surface area contributed by atoms with Crippen LogP contribution in [0.3, 0.4) is 0 Å². The summed E-state index contributed by atoms with van der Waals surface area (Å²) in [5, 5.41) is 4.44. The normalized spacial score (nSPS) is 13.3. The van der Waals surface area contributed by atoms with Gasteiger partial charge in [0.05, 0.1) is 10.6 Å². The lowest BCUT2D eigenvalue weighted by Gasteiger charge is -2.12. The van der Waals surface area contributed by atoms with Crippen LogP contribution in [0.4, 0.5) is 29.3 Å². The van der Waals surface area contributed by atoms with E-state index in [-0.39, 0.29) is 17.4 Å². The summed E-state index contributed by atoms with van der Waals surface area (Å²) in [5.41, 5.74) is 0.0925. The van der Waals surface area contributed by atoms with Gasteiger partial charge in [-0.15, -0.1) is 0 Å². The van der Waals surface area contributed by atoms with E-state index in [1.54, 1.807) is 42.6 Å². The van der Waals surface area contributed by atoms with E-state index in [9.17, 15) is 22.8 Å². The number of anilines is 2. The molecule has 4 rings (SSSR count). The number of benzene rings is 2. The van der Waals surface area contributed by atoms with Crippen molar-refractivity contribution >= 4 is 34.8 Å². The topological polar surface area (TPSA) is 80.3 Å². The minimum absolute atomic E-state index is 0.0495. The predicted octanol–water partition coefficient (Wildman–Crippen LogP) is 7.10. The number of pyridine rings is 1. The summed E-state index contributed by atoms with van der Waals surface area (Å²) in [4.78, 5) is 28.4. The van der Waals surface area contributed by atoms with Crippen LogP contribution in [0.2, 0.25) is 5.02 Å². The molecule has 0 aliphatic heterocycles. The first kappa shape index (κ1) is 24.5. The van der Waals surface area contributed by atoms with Crippen LogP contribution in [0.5, 0.6) is 11.5 Å². The van der Waals surface area contributed by atoms with Crippen LogP contribution in [0.25, 0.3) is 0 Å². The number of ether oxygens (including phenoxy) is 1. The number of aromatic nitrogens is 1. The standard InChI is InChI=1S/C25H21ClF3N3O3/c26-22-9-5-18(14-21(22)25(27,28)29)32-24(34)31-16-3-7-19(8-4-16)35-20-11-12-30-17(13-20)6-10-23(33)15-1-2-15/h3-5,7-9,11-15H,1-2,6,10H2,(H2,31,32,34). The lowest BCUT2D eigenvalue weighted by molar-refractivity contribution is -0.137. The number of carbonyl (C=O) groups excluding carboxylic acids is 2. The van der Waals surface area contributed by atoms with Gasteiger partial charge < -0.3 is 15.4 Å². The third-order valence-electron chi connectivity index (χ3n) is 5.33. The Morgan fingerprint density at radius 2 is 1.66 bits per heavy atom. The summed E-state index contributed by atoms with van der Waals surface area (Å²) >= 11 is 5.59. The van der Waals surface area contributed by atoms with E-state index in [2.05, 4.69) is 15.6 Å². The van der Waals surface area contributed by atoms with Crippen LogP contribution >= 0.6 is 11.6 Å². The number of carbonyl (C=O) groups is 2. The molecule has 3 aromatic rings. The number of hydrogen-bond acceptors (Lipinski definition) is 4. The highest BCUT2D eigenvalue weighted by Gasteiger charge is 2.33. The number of rotatable bonds is 8. The van der Waals surface area contributed by atoms with Crippen LogP contribution in [-0.2, 0) is 17.4 Å². The van der Waals surface area contributed by atoms with Crippen molar-refractivity contribution < 1.29 is 27.5 Å². The summed E-state index contributed by atoms with van der Waals surface area (Å²) in [6.45, 7) is 0. The Labute approximate surface area is 204 Å². The second-order valence-electron chi connectivity index (χ2n) is 8.12. The van der Waals surface area contributed by atoms with E-state index in [4.69, 9.17) is 16.3 Å². The van der Waals surface area contributed by atoms with Gasteiger partial charge in [-0.05, 0) is 67.8 Å². The Balaban J connectivity index is 1.32.